The van der Waals surface area contributed by atoms with Gasteiger partial charge in [-0.3, -0.25) is 58.3 Å². The highest BCUT2D eigenvalue weighted by molar-refractivity contribution is 6.08. The van der Waals surface area contributed by atoms with E-state index < -0.39 is 88.8 Å². The van der Waals surface area contributed by atoms with E-state index in [4.69, 9.17) is 19.1 Å². The maximum absolute atomic E-state index is 14.7. The third-order valence-corrected chi connectivity index (χ3v) is 16.7. The highest BCUT2D eigenvalue weighted by atomic mass is 16.7. The second kappa shape index (κ2) is 26.5. The molecule has 6 rings (SSSR count). The lowest BCUT2D eigenvalue weighted by Gasteiger charge is -2.43. The van der Waals surface area contributed by atoms with Crippen LogP contribution in [-0.2, 0) is 62.3 Å². The standard InChI is InChI=1S/C56H86N8O13/c1-12-36(6)47(61(9)46(35(4)5)51(70)58-50(69)45(34(2)3)60(8)28-19-27-57-52(71)55(25-26-55)54(73)77-64-42(65)23-24-43(64)66)41(74-10)32-44(67)62-29-18-22-40(62)48(75-11)37(7)49(68)59-56(53(72)63-30-16-17-31-76-63)33-39(56)38-20-14-13-15-21-38/h13-15,20-21,34-37,39-41,45-48H,12,16-19,22-33H2,1-11H3,(H,57,71)(H,59,68)(H,58,69,70)/t36-,37+,39+,40-,41+,45-,46-,47-,48+,56-/m0/s1. The van der Waals surface area contributed by atoms with Gasteiger partial charge in [0.25, 0.3) is 17.7 Å². The second-order valence-corrected chi connectivity index (χ2v) is 22.7. The van der Waals surface area contributed by atoms with Gasteiger partial charge in [-0.05, 0) is 88.8 Å². The Balaban J connectivity index is 1.07. The van der Waals surface area contributed by atoms with E-state index in [-0.39, 0.29) is 80.0 Å². The summed E-state index contributed by atoms with van der Waals surface area (Å²) in [6, 6.07) is 7.28. The molecule has 21 heteroatoms. The summed E-state index contributed by atoms with van der Waals surface area (Å²) in [6.07, 6.45) is 3.45. The zero-order valence-electron chi connectivity index (χ0n) is 47.3. The number of hydroxylamine groups is 4. The van der Waals surface area contributed by atoms with Gasteiger partial charge < -0.3 is 29.8 Å². The van der Waals surface area contributed by atoms with Crippen LogP contribution >= 0.6 is 0 Å². The van der Waals surface area contributed by atoms with E-state index in [1.807, 2.05) is 81.8 Å². The molecule has 3 saturated heterocycles. The van der Waals surface area contributed by atoms with Crippen LogP contribution in [0.25, 0.3) is 0 Å². The fourth-order valence-electron chi connectivity index (χ4n) is 12.0. The summed E-state index contributed by atoms with van der Waals surface area (Å²) < 4.78 is 12.3. The third kappa shape index (κ3) is 13.7. The minimum atomic E-state index is -1.46. The van der Waals surface area contributed by atoms with Crippen LogP contribution in [0.3, 0.4) is 0 Å². The van der Waals surface area contributed by atoms with Crippen LogP contribution < -0.4 is 16.0 Å². The number of benzene rings is 1. The summed E-state index contributed by atoms with van der Waals surface area (Å²) in [5.74, 6) is -6.02. The molecule has 5 fully saturated rings. The maximum atomic E-state index is 14.7. The molecule has 428 valence electrons. The minimum Gasteiger partial charge on any atom is -0.379 e. The van der Waals surface area contributed by atoms with E-state index in [1.54, 1.807) is 33.1 Å². The Morgan fingerprint density at radius 2 is 1.48 bits per heavy atom. The first-order valence-electron chi connectivity index (χ1n) is 27.9. The lowest BCUT2D eigenvalue weighted by atomic mass is 9.87. The first-order valence-corrected chi connectivity index (χ1v) is 27.9. The molecule has 1 aromatic rings. The molecule has 2 aliphatic carbocycles. The predicted molar refractivity (Wildman–Crippen MR) is 282 cm³/mol. The fraction of sp³-hybridized carbons (Fsp3) is 0.732. The van der Waals surface area contributed by atoms with Crippen LogP contribution in [0.2, 0.25) is 0 Å². The number of nitrogens with zero attached hydrogens (tertiary/aromatic N) is 5. The first kappa shape index (κ1) is 60.9. The zero-order valence-corrected chi connectivity index (χ0v) is 47.3. The van der Waals surface area contributed by atoms with E-state index in [0.29, 0.717) is 63.4 Å². The lowest BCUT2D eigenvalue weighted by Crippen LogP contribution is -2.60. The molecule has 0 bridgehead atoms. The molecule has 0 spiro atoms. The van der Waals surface area contributed by atoms with Gasteiger partial charge in [0.15, 0.2) is 0 Å². The minimum absolute atomic E-state index is 0.0205. The van der Waals surface area contributed by atoms with E-state index in [0.717, 1.165) is 18.4 Å². The summed E-state index contributed by atoms with van der Waals surface area (Å²) >= 11 is 0. The summed E-state index contributed by atoms with van der Waals surface area (Å²) in [6.45, 7) is 15.3. The van der Waals surface area contributed by atoms with Crippen LogP contribution in [0.4, 0.5) is 0 Å². The Bertz CT molecular complexity index is 2270. The number of rotatable bonds is 27. The van der Waals surface area contributed by atoms with Crippen LogP contribution in [-0.4, -0.2) is 181 Å². The Labute approximate surface area is 454 Å². The molecule has 3 aliphatic heterocycles. The number of hydrogen-bond donors (Lipinski definition) is 3. The molecule has 3 heterocycles. The summed E-state index contributed by atoms with van der Waals surface area (Å²) in [5, 5.41) is 10.5. The molecular weight excluding hydrogens is 993 g/mol. The van der Waals surface area contributed by atoms with Gasteiger partial charge in [-0.25, -0.2) is 9.86 Å². The number of imide groups is 2. The van der Waals surface area contributed by atoms with Gasteiger partial charge in [0.05, 0.1) is 49.3 Å². The van der Waals surface area contributed by atoms with Crippen molar-refractivity contribution in [2.45, 2.75) is 173 Å². The van der Waals surface area contributed by atoms with Gasteiger partial charge in [-0.2, -0.15) is 0 Å². The van der Waals surface area contributed by atoms with Crippen LogP contribution in [0.5, 0.6) is 0 Å². The summed E-state index contributed by atoms with van der Waals surface area (Å²) in [7, 11) is 6.69. The summed E-state index contributed by atoms with van der Waals surface area (Å²) in [5.41, 5.74) is -1.68. The highest BCUT2D eigenvalue weighted by Gasteiger charge is 2.64. The van der Waals surface area contributed by atoms with Gasteiger partial charge in [0, 0.05) is 65.2 Å². The molecule has 8 amide bonds. The average molecular weight is 1080 g/mol. The SMILES string of the molecule is CC[C@H](C)[C@@H]([C@@H](CC(=O)N1CCC[C@H]1[C@H](OC)[C@@H](C)C(=O)N[C@@]1(C(=O)N2CCCCO2)C[C@@H]1c1ccccc1)OC)N(C)[C@H](C(=O)NC(=O)[C@H](C(C)C)N(C)CCCNC(=O)C1(C(=O)ON2C(=O)CCC2=O)CC1)C(C)C. The van der Waals surface area contributed by atoms with Crippen molar-refractivity contribution >= 4 is 53.2 Å². The maximum Gasteiger partial charge on any atom is 0.348 e. The van der Waals surface area contributed by atoms with E-state index in [1.165, 1.54) is 5.06 Å². The molecule has 2 saturated carbocycles. The van der Waals surface area contributed by atoms with Crippen LogP contribution in [0.15, 0.2) is 30.3 Å². The van der Waals surface area contributed by atoms with Gasteiger partial charge in [-0.1, -0.05) is 85.2 Å². The van der Waals surface area contributed by atoms with Crippen molar-refractivity contribution in [1.29, 1.82) is 0 Å². The molecule has 0 radical (unpaired) electrons. The molecule has 21 nitrogen and oxygen atoms in total. The number of carbonyl (C=O) groups excluding carboxylic acids is 9. The number of nitrogens with one attached hydrogen (secondary N) is 3. The number of ether oxygens (including phenoxy) is 2. The van der Waals surface area contributed by atoms with Gasteiger partial charge in [0.1, 0.15) is 11.0 Å². The van der Waals surface area contributed by atoms with Crippen molar-refractivity contribution in [3.63, 3.8) is 0 Å². The molecule has 0 unspecified atom stereocenters. The predicted octanol–water partition coefficient (Wildman–Crippen LogP) is 3.49. The molecule has 10 atom stereocenters. The quantitative estimate of drug-likeness (QED) is 0.0649. The highest BCUT2D eigenvalue weighted by Crippen LogP contribution is 2.53. The number of methoxy groups -OCH3 is 2. The van der Waals surface area contributed by atoms with Gasteiger partial charge in [0.2, 0.25) is 29.5 Å². The van der Waals surface area contributed by atoms with E-state index >= 15 is 0 Å². The third-order valence-electron chi connectivity index (χ3n) is 16.7. The Morgan fingerprint density at radius 3 is 2.05 bits per heavy atom. The van der Waals surface area contributed by atoms with Gasteiger partial charge >= 0.3 is 5.97 Å². The molecule has 3 N–H and O–H groups in total. The van der Waals surface area contributed by atoms with Crippen molar-refractivity contribution < 1.29 is 62.3 Å². The first-order chi connectivity index (χ1) is 36.6. The lowest BCUT2D eigenvalue weighted by molar-refractivity contribution is -0.202. The topological polar surface area (TPSA) is 243 Å². The van der Waals surface area contributed by atoms with E-state index in [2.05, 4.69) is 22.9 Å². The average Bonchev–Trinajstić information content (AvgIpc) is 4.42. The number of likely N-dealkylation sites (N-methyl/N-ethyl adjacent to an activating group) is 2. The second-order valence-electron chi connectivity index (χ2n) is 22.7. The molecule has 0 aromatic heterocycles. The number of amides is 8. The van der Waals surface area contributed by atoms with Crippen LogP contribution in [0.1, 0.15) is 137 Å². The largest absolute Gasteiger partial charge is 0.379 e. The number of carbonyl (C=O) groups is 9. The monoisotopic (exact) mass is 1080 g/mol. The van der Waals surface area contributed by atoms with Gasteiger partial charge in [-0.15, -0.1) is 5.06 Å². The Morgan fingerprint density at radius 1 is 0.831 bits per heavy atom. The zero-order chi connectivity index (χ0) is 56.5. The Kier molecular flexibility index (Phi) is 21.0. The normalized spacial score (nSPS) is 23.8. The molecule has 77 heavy (non-hydrogen) atoms. The molecule has 5 aliphatic rings. The van der Waals surface area contributed by atoms with Crippen molar-refractivity contribution in [1.82, 2.24) is 40.8 Å². The van der Waals surface area contributed by atoms with Crippen molar-refractivity contribution in [3.05, 3.63) is 35.9 Å². The number of hydrogen-bond acceptors (Lipinski definition) is 15. The Hall–Kier alpha value is -5.35. The fourth-order valence-corrected chi connectivity index (χ4v) is 12.0. The smallest absolute Gasteiger partial charge is 0.348 e. The van der Waals surface area contributed by atoms with Crippen molar-refractivity contribution in [2.24, 2.45) is 29.1 Å². The summed E-state index contributed by atoms with van der Waals surface area (Å²) in [4.78, 5) is 138. The van der Waals surface area contributed by atoms with Crippen molar-refractivity contribution in [3.8, 4) is 0 Å². The molecule has 1 aromatic carbocycles. The van der Waals surface area contributed by atoms with Crippen molar-refractivity contribution in [2.75, 3.05) is 61.1 Å². The number of likely N-dealkylation sites (tertiary alicyclic amines) is 1. The molecular formula is C56H86N8O13. The van der Waals surface area contributed by atoms with E-state index in [9.17, 15) is 43.2 Å². The van der Waals surface area contributed by atoms with Crippen LogP contribution in [0, 0.1) is 29.1 Å².